The van der Waals surface area contributed by atoms with Crippen molar-refractivity contribution in [3.8, 4) is 0 Å². The summed E-state index contributed by atoms with van der Waals surface area (Å²) in [7, 11) is -4.09. The van der Waals surface area contributed by atoms with Gasteiger partial charge in [-0.2, -0.15) is 0 Å². The van der Waals surface area contributed by atoms with Gasteiger partial charge in [0.05, 0.1) is 10.6 Å². The van der Waals surface area contributed by atoms with Gasteiger partial charge < -0.3 is 10.2 Å². The van der Waals surface area contributed by atoms with Crippen LogP contribution in [-0.2, 0) is 26.2 Å². The molecule has 3 rings (SSSR count). The minimum absolute atomic E-state index is 0.00337. The average Bonchev–Trinajstić information content (AvgIpc) is 2.90. The van der Waals surface area contributed by atoms with Crippen molar-refractivity contribution in [3.05, 3.63) is 96.3 Å². The van der Waals surface area contributed by atoms with E-state index in [1.54, 1.807) is 55.5 Å². The summed E-state index contributed by atoms with van der Waals surface area (Å²) in [5.74, 6) is -1.14. The topological polar surface area (TPSA) is 86.8 Å². The average molecular weight is 526 g/mol. The lowest BCUT2D eigenvalue weighted by Gasteiger charge is -2.32. The van der Waals surface area contributed by atoms with Gasteiger partial charge in [0.15, 0.2) is 0 Å². The highest BCUT2D eigenvalue weighted by molar-refractivity contribution is 7.92. The first-order valence-corrected chi connectivity index (χ1v) is 13.5. The number of nitrogens with zero attached hydrogens (tertiary/aromatic N) is 2. The molecule has 0 aromatic heterocycles. The maximum absolute atomic E-state index is 13.7. The standard InChI is InChI=1S/C28H32FN3O4S/c1-21(2)18-30-28(34)22(3)31(19-23-14-16-24(29)17-15-23)27(33)20-32(25-10-6-4-7-11-25)37(35,36)26-12-8-5-9-13-26/h4-17,21-22H,18-20H2,1-3H3,(H,30,34)/t22-/m1/s1. The summed E-state index contributed by atoms with van der Waals surface area (Å²) in [4.78, 5) is 28.0. The number of anilines is 1. The zero-order valence-corrected chi connectivity index (χ0v) is 22.0. The molecule has 0 aliphatic heterocycles. The normalized spacial score (nSPS) is 12.1. The molecule has 0 heterocycles. The molecule has 3 aromatic rings. The first-order valence-electron chi connectivity index (χ1n) is 12.0. The Morgan fingerprint density at radius 2 is 1.43 bits per heavy atom. The van der Waals surface area contributed by atoms with Crippen molar-refractivity contribution in [2.45, 2.75) is 38.3 Å². The van der Waals surface area contributed by atoms with Gasteiger partial charge in [-0.15, -0.1) is 0 Å². The van der Waals surface area contributed by atoms with Gasteiger partial charge in [-0.1, -0.05) is 62.4 Å². The Morgan fingerprint density at radius 1 is 0.865 bits per heavy atom. The third-order valence-electron chi connectivity index (χ3n) is 5.77. The summed E-state index contributed by atoms with van der Waals surface area (Å²) < 4.78 is 41.7. The minimum atomic E-state index is -4.09. The molecule has 37 heavy (non-hydrogen) atoms. The SMILES string of the molecule is CC(C)CNC(=O)[C@@H](C)N(Cc1ccc(F)cc1)C(=O)CN(c1ccccc1)S(=O)(=O)c1ccccc1. The van der Waals surface area contributed by atoms with Gasteiger partial charge in [-0.3, -0.25) is 13.9 Å². The van der Waals surface area contributed by atoms with E-state index in [0.29, 0.717) is 17.8 Å². The first kappa shape index (κ1) is 27.9. The van der Waals surface area contributed by atoms with E-state index in [1.807, 2.05) is 13.8 Å². The van der Waals surface area contributed by atoms with Gasteiger partial charge in [-0.25, -0.2) is 12.8 Å². The lowest BCUT2D eigenvalue weighted by molar-refractivity contribution is -0.139. The highest BCUT2D eigenvalue weighted by atomic mass is 32.2. The van der Waals surface area contributed by atoms with Crippen LogP contribution in [0.25, 0.3) is 0 Å². The van der Waals surface area contributed by atoms with E-state index in [4.69, 9.17) is 0 Å². The fourth-order valence-corrected chi connectivity index (χ4v) is 5.10. The Bertz CT molecular complexity index is 1280. The summed E-state index contributed by atoms with van der Waals surface area (Å²) in [6.45, 7) is 5.42. The molecule has 0 fully saturated rings. The second kappa shape index (κ2) is 12.5. The molecule has 0 bridgehead atoms. The van der Waals surface area contributed by atoms with Crippen LogP contribution in [0.2, 0.25) is 0 Å². The van der Waals surface area contributed by atoms with Crippen molar-refractivity contribution in [1.82, 2.24) is 10.2 Å². The molecule has 0 aliphatic rings. The van der Waals surface area contributed by atoms with Crippen molar-refractivity contribution in [3.63, 3.8) is 0 Å². The van der Waals surface area contributed by atoms with E-state index in [0.717, 1.165) is 4.31 Å². The van der Waals surface area contributed by atoms with Crippen molar-refractivity contribution < 1.29 is 22.4 Å². The van der Waals surface area contributed by atoms with Crippen LogP contribution in [0.4, 0.5) is 10.1 Å². The van der Waals surface area contributed by atoms with E-state index in [-0.39, 0.29) is 23.3 Å². The van der Waals surface area contributed by atoms with E-state index in [2.05, 4.69) is 5.32 Å². The molecule has 1 atom stereocenters. The third-order valence-corrected chi connectivity index (χ3v) is 7.56. The molecule has 7 nitrogen and oxygen atoms in total. The van der Waals surface area contributed by atoms with E-state index >= 15 is 0 Å². The predicted molar refractivity (Wildman–Crippen MR) is 142 cm³/mol. The Morgan fingerprint density at radius 3 is 2.00 bits per heavy atom. The molecule has 0 spiro atoms. The van der Waals surface area contributed by atoms with Crippen molar-refractivity contribution >= 4 is 27.5 Å². The molecular weight excluding hydrogens is 493 g/mol. The minimum Gasteiger partial charge on any atom is -0.354 e. The second-order valence-corrected chi connectivity index (χ2v) is 11.0. The van der Waals surface area contributed by atoms with Crippen LogP contribution in [-0.4, -0.2) is 44.3 Å². The number of sulfonamides is 1. The molecule has 3 aromatic carbocycles. The Kier molecular flexibility index (Phi) is 9.41. The maximum atomic E-state index is 13.7. The van der Waals surface area contributed by atoms with Crippen LogP contribution < -0.4 is 9.62 Å². The fraction of sp³-hybridized carbons (Fsp3) is 0.286. The van der Waals surface area contributed by atoms with Crippen molar-refractivity contribution in [1.29, 1.82) is 0 Å². The number of benzene rings is 3. The lowest BCUT2D eigenvalue weighted by atomic mass is 10.1. The highest BCUT2D eigenvalue weighted by Crippen LogP contribution is 2.24. The second-order valence-electron chi connectivity index (χ2n) is 9.12. The van der Waals surface area contributed by atoms with Crippen molar-refractivity contribution in [2.75, 3.05) is 17.4 Å². The number of carbonyl (C=O) groups is 2. The summed E-state index contributed by atoms with van der Waals surface area (Å²) >= 11 is 0. The van der Waals surface area contributed by atoms with Crippen LogP contribution in [0.5, 0.6) is 0 Å². The summed E-state index contributed by atoms with van der Waals surface area (Å²) in [6, 6.07) is 20.9. The first-order chi connectivity index (χ1) is 17.6. The summed E-state index contributed by atoms with van der Waals surface area (Å²) in [5.41, 5.74) is 0.925. The number of hydrogen-bond acceptors (Lipinski definition) is 4. The predicted octanol–water partition coefficient (Wildman–Crippen LogP) is 4.21. The number of amides is 2. The van der Waals surface area contributed by atoms with E-state index in [1.165, 1.54) is 41.3 Å². The molecule has 0 saturated carbocycles. The van der Waals surface area contributed by atoms with Crippen molar-refractivity contribution in [2.24, 2.45) is 5.92 Å². The van der Waals surface area contributed by atoms with Crippen LogP contribution in [0.3, 0.4) is 0 Å². The zero-order chi connectivity index (χ0) is 27.0. The number of rotatable bonds is 11. The highest BCUT2D eigenvalue weighted by Gasteiger charge is 2.32. The number of para-hydroxylation sites is 1. The molecule has 0 unspecified atom stereocenters. The summed E-state index contributed by atoms with van der Waals surface area (Å²) in [5, 5.41) is 2.83. The number of hydrogen-bond donors (Lipinski definition) is 1. The number of carbonyl (C=O) groups excluding carboxylic acids is 2. The Balaban J connectivity index is 1.96. The van der Waals surface area contributed by atoms with Gasteiger partial charge in [0, 0.05) is 13.1 Å². The number of nitrogens with one attached hydrogen (secondary N) is 1. The molecule has 9 heteroatoms. The quantitative estimate of drug-likeness (QED) is 0.406. The van der Waals surface area contributed by atoms with Crippen LogP contribution in [0.1, 0.15) is 26.3 Å². The van der Waals surface area contributed by atoms with Gasteiger partial charge in [0.1, 0.15) is 18.4 Å². The molecule has 0 aliphatic carbocycles. The van der Waals surface area contributed by atoms with Gasteiger partial charge in [-0.05, 0) is 54.8 Å². The maximum Gasteiger partial charge on any atom is 0.264 e. The molecule has 1 N–H and O–H groups in total. The van der Waals surface area contributed by atoms with E-state index in [9.17, 15) is 22.4 Å². The smallest absolute Gasteiger partial charge is 0.264 e. The van der Waals surface area contributed by atoms with Gasteiger partial charge in [0.2, 0.25) is 11.8 Å². The molecule has 196 valence electrons. The Hall–Kier alpha value is -3.72. The zero-order valence-electron chi connectivity index (χ0n) is 21.2. The lowest BCUT2D eigenvalue weighted by Crippen LogP contribution is -2.51. The van der Waals surface area contributed by atoms with Gasteiger partial charge in [0.25, 0.3) is 10.0 Å². The summed E-state index contributed by atoms with van der Waals surface area (Å²) in [6.07, 6.45) is 0. The van der Waals surface area contributed by atoms with Gasteiger partial charge >= 0.3 is 0 Å². The molecular formula is C28H32FN3O4S. The van der Waals surface area contributed by atoms with E-state index < -0.39 is 34.3 Å². The monoisotopic (exact) mass is 525 g/mol. The number of halogens is 1. The molecule has 2 amide bonds. The fourth-order valence-electron chi connectivity index (χ4n) is 3.66. The molecule has 0 saturated heterocycles. The third kappa shape index (κ3) is 7.39. The Labute approximate surface area is 218 Å². The molecule has 0 radical (unpaired) electrons. The largest absolute Gasteiger partial charge is 0.354 e. The van der Waals surface area contributed by atoms with Crippen LogP contribution >= 0.6 is 0 Å². The van der Waals surface area contributed by atoms with Crippen LogP contribution in [0.15, 0.2) is 89.8 Å². The van der Waals surface area contributed by atoms with Crippen LogP contribution in [0, 0.1) is 11.7 Å².